The van der Waals surface area contributed by atoms with Gasteiger partial charge >= 0.3 is 5.63 Å². The van der Waals surface area contributed by atoms with Gasteiger partial charge in [-0.3, -0.25) is 0 Å². The molecule has 4 aromatic rings. The minimum atomic E-state index is -1.21. The van der Waals surface area contributed by atoms with Crippen LogP contribution in [0.1, 0.15) is 29.0 Å². The number of benzene rings is 3. The number of hydrogen-bond acceptors (Lipinski definition) is 4. The van der Waals surface area contributed by atoms with Crippen LogP contribution in [0.15, 0.2) is 75.9 Å². The maximum Gasteiger partial charge on any atom is 0.343 e. The largest absolute Gasteiger partial charge is 0.448 e. The second-order valence-electron chi connectivity index (χ2n) is 7.53. The molecule has 2 atom stereocenters. The molecule has 3 heterocycles. The van der Waals surface area contributed by atoms with Crippen LogP contribution in [-0.2, 0) is 5.79 Å². The van der Waals surface area contributed by atoms with Crippen LogP contribution in [0, 0.1) is 5.82 Å². The van der Waals surface area contributed by atoms with Crippen LogP contribution in [0.5, 0.6) is 11.5 Å². The van der Waals surface area contributed by atoms with Crippen molar-refractivity contribution in [1.29, 1.82) is 0 Å². The summed E-state index contributed by atoms with van der Waals surface area (Å²) in [4.78, 5) is 13.0. The smallest absolute Gasteiger partial charge is 0.343 e. The lowest BCUT2D eigenvalue weighted by Crippen LogP contribution is -2.48. The summed E-state index contributed by atoms with van der Waals surface area (Å²) in [6.07, 6.45) is 0.335. The van der Waals surface area contributed by atoms with Crippen LogP contribution >= 0.6 is 11.6 Å². The Balaban J connectivity index is 1.69. The minimum absolute atomic E-state index is 0.335. The van der Waals surface area contributed by atoms with Crippen molar-refractivity contribution in [1.82, 2.24) is 0 Å². The summed E-state index contributed by atoms with van der Waals surface area (Å²) in [7, 11) is 0. The second-order valence-corrected chi connectivity index (χ2v) is 7.97. The molecule has 1 aromatic heterocycles. The average molecular weight is 421 g/mol. The van der Waals surface area contributed by atoms with Crippen LogP contribution < -0.4 is 15.1 Å². The predicted octanol–water partition coefficient (Wildman–Crippen LogP) is 5.75. The molecule has 0 unspecified atom stereocenters. The van der Waals surface area contributed by atoms with Gasteiger partial charge in [0.2, 0.25) is 0 Å². The number of halogens is 2. The molecule has 30 heavy (non-hydrogen) atoms. The van der Waals surface area contributed by atoms with Crippen molar-refractivity contribution in [3.05, 3.63) is 105 Å². The predicted molar refractivity (Wildman–Crippen MR) is 110 cm³/mol. The maximum atomic E-state index is 13.6. The van der Waals surface area contributed by atoms with E-state index in [9.17, 15) is 9.18 Å². The molecule has 0 amide bonds. The van der Waals surface area contributed by atoms with E-state index in [1.807, 2.05) is 12.1 Å². The van der Waals surface area contributed by atoms with Crippen molar-refractivity contribution < 1.29 is 18.3 Å². The molecule has 0 fully saturated rings. The Labute approximate surface area is 175 Å². The zero-order valence-corrected chi connectivity index (χ0v) is 16.3. The quantitative estimate of drug-likeness (QED) is 0.368. The molecular weight excluding hydrogens is 407 g/mol. The van der Waals surface area contributed by atoms with Crippen molar-refractivity contribution in [3.63, 3.8) is 0 Å². The monoisotopic (exact) mass is 420 g/mol. The van der Waals surface area contributed by atoms with E-state index in [0.717, 1.165) is 5.56 Å². The van der Waals surface area contributed by atoms with Crippen LogP contribution in [0.3, 0.4) is 0 Å². The molecule has 0 N–H and O–H groups in total. The Morgan fingerprint density at radius 2 is 1.80 bits per heavy atom. The Bertz CT molecular complexity index is 1380. The molecule has 0 aliphatic carbocycles. The Hall–Kier alpha value is -3.31. The number of rotatable bonds is 1. The van der Waals surface area contributed by atoms with Gasteiger partial charge in [0.25, 0.3) is 5.79 Å². The molecular formula is C24H14ClFO4. The highest BCUT2D eigenvalue weighted by Gasteiger charge is 2.51. The summed E-state index contributed by atoms with van der Waals surface area (Å²) in [6, 6.07) is 18.5. The van der Waals surface area contributed by atoms with Crippen LogP contribution in [-0.4, -0.2) is 0 Å². The number of fused-ring (bicyclic) bond motifs is 8. The third-order valence-corrected chi connectivity index (χ3v) is 6.03. The molecule has 2 aliphatic heterocycles. The van der Waals surface area contributed by atoms with Crippen molar-refractivity contribution >= 4 is 22.6 Å². The topological polar surface area (TPSA) is 48.7 Å². The highest BCUT2D eigenvalue weighted by atomic mass is 35.5. The lowest BCUT2D eigenvalue weighted by molar-refractivity contribution is -0.148. The first kappa shape index (κ1) is 17.5. The van der Waals surface area contributed by atoms with Crippen molar-refractivity contribution in [2.24, 2.45) is 0 Å². The van der Waals surface area contributed by atoms with E-state index in [-0.39, 0.29) is 11.7 Å². The lowest BCUT2D eigenvalue weighted by Gasteiger charge is -2.46. The molecule has 0 radical (unpaired) electrons. The van der Waals surface area contributed by atoms with Gasteiger partial charge in [-0.2, -0.15) is 0 Å². The third kappa shape index (κ3) is 2.42. The van der Waals surface area contributed by atoms with Crippen molar-refractivity contribution in [3.8, 4) is 11.5 Å². The fourth-order valence-electron chi connectivity index (χ4n) is 4.45. The fourth-order valence-corrected chi connectivity index (χ4v) is 4.63. The molecule has 2 bridgehead atoms. The van der Waals surface area contributed by atoms with Gasteiger partial charge in [0.15, 0.2) is 0 Å². The zero-order valence-electron chi connectivity index (χ0n) is 15.5. The molecule has 148 valence electrons. The summed E-state index contributed by atoms with van der Waals surface area (Å²) in [5, 5.41) is 1.22. The minimum Gasteiger partial charge on any atom is -0.448 e. The summed E-state index contributed by atoms with van der Waals surface area (Å²) in [5.74, 6) is -0.909. The van der Waals surface area contributed by atoms with Crippen molar-refractivity contribution in [2.75, 3.05) is 0 Å². The molecule has 0 saturated heterocycles. The lowest BCUT2D eigenvalue weighted by atomic mass is 9.78. The Morgan fingerprint density at radius 1 is 1.00 bits per heavy atom. The summed E-state index contributed by atoms with van der Waals surface area (Å²) in [6.45, 7) is 0. The second kappa shape index (κ2) is 6.09. The third-order valence-electron chi connectivity index (χ3n) is 5.79. The number of ether oxygens (including phenoxy) is 2. The molecule has 4 nitrogen and oxygen atoms in total. The van der Waals surface area contributed by atoms with Gasteiger partial charge in [0.05, 0.1) is 10.9 Å². The van der Waals surface area contributed by atoms with E-state index in [1.165, 1.54) is 12.1 Å². The first-order chi connectivity index (χ1) is 14.5. The average Bonchev–Trinajstić information content (AvgIpc) is 2.74. The van der Waals surface area contributed by atoms with Gasteiger partial charge in [-0.1, -0.05) is 23.7 Å². The molecule has 0 spiro atoms. The van der Waals surface area contributed by atoms with Gasteiger partial charge in [-0.15, -0.1) is 0 Å². The molecule has 6 rings (SSSR count). The van der Waals surface area contributed by atoms with Crippen molar-refractivity contribution in [2.45, 2.75) is 18.1 Å². The van der Waals surface area contributed by atoms with Crippen LogP contribution in [0.2, 0.25) is 5.02 Å². The maximum absolute atomic E-state index is 13.6. The van der Waals surface area contributed by atoms with Gasteiger partial charge < -0.3 is 13.9 Å². The van der Waals surface area contributed by atoms with Gasteiger partial charge in [0, 0.05) is 28.5 Å². The van der Waals surface area contributed by atoms with E-state index in [0.29, 0.717) is 45.0 Å². The molecule has 6 heteroatoms. The first-order valence-corrected chi connectivity index (χ1v) is 9.91. The van der Waals surface area contributed by atoms with E-state index in [4.69, 9.17) is 25.5 Å². The van der Waals surface area contributed by atoms with Gasteiger partial charge in [-0.05, 0) is 54.6 Å². The van der Waals surface area contributed by atoms with Gasteiger partial charge in [0.1, 0.15) is 22.9 Å². The number of hydrogen-bond donors (Lipinski definition) is 0. The van der Waals surface area contributed by atoms with Gasteiger partial charge in [-0.25, -0.2) is 9.18 Å². The normalized spacial score (nSPS) is 21.3. The Morgan fingerprint density at radius 3 is 2.63 bits per heavy atom. The SMILES string of the molecule is O=c1oc2ccccc2c2c1[C@H]1C[C@](c3ccc(F)cc3)(Oc3ccc(Cl)cc31)O2. The van der Waals surface area contributed by atoms with Crippen LogP contribution in [0.4, 0.5) is 4.39 Å². The number of para-hydroxylation sites is 1. The fraction of sp³-hybridized carbons (Fsp3) is 0.125. The highest BCUT2D eigenvalue weighted by Crippen LogP contribution is 2.55. The molecule has 3 aromatic carbocycles. The summed E-state index contributed by atoms with van der Waals surface area (Å²) < 4.78 is 32.0. The molecule has 2 aliphatic rings. The Kier molecular flexibility index (Phi) is 3.56. The van der Waals surface area contributed by atoms with E-state index in [2.05, 4.69) is 0 Å². The zero-order chi connectivity index (χ0) is 20.5. The standard InChI is InChI=1S/C24H14ClFO4/c25-14-7-10-20-17(11-14)18-12-24(29-20,13-5-8-15(26)9-6-13)30-22-16-3-1-2-4-19(16)28-23(27)21(18)22/h1-11,18H,12H2/t18-,24-/m0/s1. The molecule has 0 saturated carbocycles. The van der Waals surface area contributed by atoms with E-state index in [1.54, 1.807) is 42.5 Å². The van der Waals surface area contributed by atoms with E-state index >= 15 is 0 Å². The highest BCUT2D eigenvalue weighted by molar-refractivity contribution is 6.30. The first-order valence-electron chi connectivity index (χ1n) is 9.53. The van der Waals surface area contributed by atoms with Crippen LogP contribution in [0.25, 0.3) is 11.0 Å². The summed E-state index contributed by atoms with van der Waals surface area (Å²) in [5.41, 5.74) is 1.89. The van der Waals surface area contributed by atoms with E-state index < -0.39 is 11.4 Å². The summed E-state index contributed by atoms with van der Waals surface area (Å²) >= 11 is 6.25.